The van der Waals surface area contributed by atoms with Crippen LogP contribution in [0.4, 0.5) is 11.4 Å². The quantitative estimate of drug-likeness (QED) is 0.0449. The summed E-state index contributed by atoms with van der Waals surface area (Å²) in [4.78, 5) is 130. The lowest BCUT2D eigenvalue weighted by Gasteiger charge is -2.47. The molecule has 7 aliphatic rings. The first-order valence-corrected chi connectivity index (χ1v) is 37.9. The number of hydrogen-bond donors (Lipinski definition) is 19. The summed E-state index contributed by atoms with van der Waals surface area (Å²) in [6.45, 7) is 3.54. The van der Waals surface area contributed by atoms with Crippen molar-refractivity contribution in [1.82, 2.24) is 31.9 Å². The number of nitrogens with one attached hydrogen (secondary N) is 7. The lowest BCUT2D eigenvalue weighted by Crippen LogP contribution is -2.63. The van der Waals surface area contributed by atoms with Crippen LogP contribution >= 0.6 is 23.2 Å². The van der Waals surface area contributed by atoms with Gasteiger partial charge in [0, 0.05) is 46.9 Å². The molecular weight excluding hydrogens is 1620 g/mol. The number of carbonyl (C=O) groups is 8. The highest BCUT2D eigenvalue weighted by atomic mass is 35.5. The molecule has 7 aliphatic heterocycles. The van der Waals surface area contributed by atoms with Gasteiger partial charge in [0.05, 0.1) is 40.2 Å². The second-order valence-corrected chi connectivity index (χ2v) is 30.2. The summed E-state index contributed by atoms with van der Waals surface area (Å²) in [6.07, 6.45) is -19.7. The molecular formula is C81H80Cl2N10O27. The maximum absolute atomic E-state index is 16.2. The SMILES string of the molecule is Cc1ccc(C(=O)Nc2cccc(CNC3(C)C[C@@H](O[C@H]4c5ccc(c(Cl)c5)Oc5cc6cc(c5OC5O[C@@H](CO)[C@@H](O)[C@@H](O)[C@H]5O)Oc5ccc(cc5Cl)[C@@H](O)[C@@H](N)C(=O)N[C@@H](CC(N)=O)C(=O)NC6C(=O)N[C@@H]5C(=O)N[C@H]4C(=O)N[C@@H](C(=O)O)c4cc(O)cc(O)c4-c4cc5ccc4O)O[C@@H](C)[C@H]3O)c2)c([N+](=O)[O-])c1OCc1ccccc1. The van der Waals surface area contributed by atoms with Gasteiger partial charge in [-0.1, -0.05) is 89.9 Å². The van der Waals surface area contributed by atoms with Crippen LogP contribution in [0.1, 0.15) is 112 Å². The number of aliphatic hydroxyl groups excluding tert-OH is 6. The molecule has 8 aromatic carbocycles. The van der Waals surface area contributed by atoms with Crippen molar-refractivity contribution in [3.63, 3.8) is 0 Å². The Morgan fingerprint density at radius 1 is 0.675 bits per heavy atom. The molecule has 2 fully saturated rings. The number of anilines is 1. The van der Waals surface area contributed by atoms with Gasteiger partial charge in [-0.25, -0.2) is 4.79 Å². The minimum absolute atomic E-state index is 0.0412. The van der Waals surface area contributed by atoms with Crippen LogP contribution < -0.4 is 67.6 Å². The Kier molecular flexibility index (Phi) is 25.2. The maximum Gasteiger partial charge on any atom is 0.330 e. The zero-order valence-corrected chi connectivity index (χ0v) is 64.9. The molecule has 0 saturated carbocycles. The number of ether oxygens (including phenoxy) is 7. The molecule has 11 bridgehead atoms. The second-order valence-electron chi connectivity index (χ2n) is 29.3. The number of phenols is 3. The van der Waals surface area contributed by atoms with E-state index in [1.165, 1.54) is 43.3 Å². The van der Waals surface area contributed by atoms with Crippen molar-refractivity contribution in [2.45, 2.75) is 150 Å². The van der Waals surface area contributed by atoms with E-state index in [0.717, 1.165) is 60.7 Å². The Bertz CT molecular complexity index is 5380. The summed E-state index contributed by atoms with van der Waals surface area (Å²) < 4.78 is 44.6. The summed E-state index contributed by atoms with van der Waals surface area (Å²) in [5.41, 5.74) is 8.49. The van der Waals surface area contributed by atoms with Crippen molar-refractivity contribution in [2.24, 2.45) is 11.5 Å². The van der Waals surface area contributed by atoms with Gasteiger partial charge < -0.3 is 133 Å². The number of fused-ring (bicyclic) bond motifs is 15. The summed E-state index contributed by atoms with van der Waals surface area (Å²) in [5, 5.41) is 144. The van der Waals surface area contributed by atoms with E-state index < -0.39 is 242 Å². The fraction of sp³-hybridized carbons (Fsp3) is 0.309. The number of carbonyl (C=O) groups excluding carboxylic acids is 7. The number of aryl methyl sites for hydroxylation is 1. The lowest BCUT2D eigenvalue weighted by molar-refractivity contribution is -0.386. The van der Waals surface area contributed by atoms with Gasteiger partial charge >= 0.3 is 11.7 Å². The number of nitrogens with two attached hydrogens (primary N) is 2. The van der Waals surface area contributed by atoms with Crippen molar-refractivity contribution in [1.29, 1.82) is 0 Å². The number of amides is 7. The van der Waals surface area contributed by atoms with Gasteiger partial charge in [-0.15, -0.1) is 0 Å². The van der Waals surface area contributed by atoms with Crippen LogP contribution in [0.5, 0.6) is 51.7 Å². The number of rotatable bonds is 17. The van der Waals surface area contributed by atoms with E-state index in [4.69, 9.17) is 67.8 Å². The number of aliphatic carboxylic acids is 1. The third-order valence-electron chi connectivity index (χ3n) is 21.0. The fourth-order valence-corrected chi connectivity index (χ4v) is 15.1. The van der Waals surface area contributed by atoms with Gasteiger partial charge in [-0.2, -0.15) is 0 Å². The zero-order chi connectivity index (χ0) is 86.2. The molecule has 37 nitrogen and oxygen atoms in total. The molecule has 0 aliphatic carbocycles. The first-order valence-electron chi connectivity index (χ1n) is 37.1. The summed E-state index contributed by atoms with van der Waals surface area (Å²) in [7, 11) is 0. The molecule has 15 rings (SSSR count). The number of nitrogens with zero attached hydrogens (tertiary/aromatic N) is 1. The molecule has 120 heavy (non-hydrogen) atoms. The standard InChI is InChI=1S/C81H80Cl2N10O27/c1-33-12-16-43(64(93(112)113)69(33)114-32-35-8-5-4-6-9-35)73(104)87-41-11-7-10-36(20-41)30-86-81(3)29-57(115-34(2)72(81)103)119-70-39-15-19-52(47(83)23-39)117-54-25-40-24-53(71(54)120-80-68(102)67(101)66(100)55(31-94)118-80)116-51-18-14-38(22-46(51)82)65(99)59(85)75(106)88-48(28-56(84)98)74(105)89-61(40)77(108)90-60-37-13-17-49(96)44(21-37)58-45(26-42(95)27-50(58)97)62(79(110)111)91-78(109)63(70)92-76(60)107/h4-27,34,48,55,57,59-63,65-68,70,72,80,86,94-97,99-103H,28-32,85H2,1-3H3,(H2,84,98)(H,87,104)(H,88,106)(H,89,105)(H,90,108)(H,91,109)(H,92,107)(H,110,111)/t34-,48-,55-,57+,59+,60-,61?,62+,63+,65+,66+,67+,68+,70-,72+,80?,81?/m0/s1. The van der Waals surface area contributed by atoms with Crippen LogP contribution in [-0.2, 0) is 60.9 Å². The Labute approximate surface area is 690 Å². The van der Waals surface area contributed by atoms with E-state index in [9.17, 15) is 80.4 Å². The van der Waals surface area contributed by atoms with Crippen molar-refractivity contribution in [3.8, 4) is 62.9 Å². The largest absolute Gasteiger partial charge is 0.508 e. The number of carboxylic acid groups (broad SMARTS) is 1. The van der Waals surface area contributed by atoms with E-state index in [1.54, 1.807) is 62.4 Å². The van der Waals surface area contributed by atoms with Crippen LogP contribution in [0.2, 0.25) is 10.0 Å². The van der Waals surface area contributed by atoms with Crippen LogP contribution in [0, 0.1) is 17.0 Å². The number of primary amides is 1. The smallest absolute Gasteiger partial charge is 0.330 e. The zero-order valence-electron chi connectivity index (χ0n) is 63.4. The number of benzene rings is 8. The van der Waals surface area contributed by atoms with Gasteiger partial charge in [0.1, 0.15) is 108 Å². The third-order valence-corrected chi connectivity index (χ3v) is 21.5. The van der Waals surface area contributed by atoms with Gasteiger partial charge in [0.15, 0.2) is 23.8 Å². The molecule has 630 valence electrons. The monoisotopic (exact) mass is 1690 g/mol. The Morgan fingerprint density at radius 2 is 1.32 bits per heavy atom. The molecule has 0 aromatic heterocycles. The lowest BCUT2D eigenvalue weighted by atomic mass is 9.84. The van der Waals surface area contributed by atoms with Crippen LogP contribution in [0.3, 0.4) is 0 Å². The number of aromatic hydroxyl groups is 3. The average molecular weight is 1700 g/mol. The van der Waals surface area contributed by atoms with Gasteiger partial charge in [-0.3, -0.25) is 43.7 Å². The average Bonchev–Trinajstić information content (AvgIpc) is 0.762. The van der Waals surface area contributed by atoms with E-state index >= 15 is 19.2 Å². The minimum Gasteiger partial charge on any atom is -0.508 e. The predicted octanol–water partition coefficient (Wildman–Crippen LogP) is 4.19. The van der Waals surface area contributed by atoms with E-state index in [-0.39, 0.29) is 64.0 Å². The number of nitro groups is 1. The Morgan fingerprint density at radius 3 is 1.99 bits per heavy atom. The Hall–Kier alpha value is -12.3. The molecule has 0 spiro atoms. The fourth-order valence-electron chi connectivity index (χ4n) is 14.6. The molecule has 17 atom stereocenters. The highest BCUT2D eigenvalue weighted by Crippen LogP contribution is 2.50. The first kappa shape index (κ1) is 85.5. The third kappa shape index (κ3) is 18.0. The molecule has 3 unspecified atom stereocenters. The highest BCUT2D eigenvalue weighted by Gasteiger charge is 2.50. The van der Waals surface area contributed by atoms with Crippen LogP contribution in [0.15, 0.2) is 146 Å². The summed E-state index contributed by atoms with van der Waals surface area (Å²) in [5.74, 6) is -16.2. The number of nitro benzene ring substituents is 1. The topological polar surface area (TPSA) is 583 Å². The van der Waals surface area contributed by atoms with Crippen LogP contribution in [0.25, 0.3) is 11.1 Å². The van der Waals surface area contributed by atoms with E-state index in [0.29, 0.717) is 16.7 Å². The van der Waals surface area contributed by atoms with Crippen molar-refractivity contribution in [2.75, 3.05) is 11.9 Å². The molecule has 0 radical (unpaired) electrons. The number of aliphatic hydroxyl groups is 6. The molecule has 7 amide bonds. The van der Waals surface area contributed by atoms with Gasteiger partial charge in [0.2, 0.25) is 53.2 Å². The highest BCUT2D eigenvalue weighted by molar-refractivity contribution is 6.32. The predicted molar refractivity (Wildman–Crippen MR) is 419 cm³/mol. The number of phenolic OH excluding ortho intramolecular Hbond substituents is 3. The van der Waals surface area contributed by atoms with E-state index in [2.05, 4.69) is 37.2 Å². The molecule has 8 aromatic rings. The summed E-state index contributed by atoms with van der Waals surface area (Å²) in [6, 6.07) is 18.5. The Balaban J connectivity index is 0.946. The number of hydrogen-bond acceptors (Lipinski definition) is 28. The van der Waals surface area contributed by atoms with Crippen molar-refractivity contribution in [3.05, 3.63) is 216 Å². The molecule has 2 saturated heterocycles. The van der Waals surface area contributed by atoms with Gasteiger partial charge in [0.25, 0.3) is 5.91 Å². The molecule has 7 heterocycles. The minimum atomic E-state index is -2.35. The second kappa shape index (κ2) is 35.3. The van der Waals surface area contributed by atoms with Crippen LogP contribution in [-0.4, -0.2) is 183 Å². The summed E-state index contributed by atoms with van der Waals surface area (Å²) >= 11 is 14.2. The normalized spacial score (nSPS) is 26.2. The maximum atomic E-state index is 16.2. The van der Waals surface area contributed by atoms with Crippen molar-refractivity contribution < 1.29 is 128 Å². The number of carboxylic acids is 1. The molecule has 21 N–H and O–H groups in total. The van der Waals surface area contributed by atoms with Gasteiger partial charge in [-0.05, 0) is 133 Å². The first-order chi connectivity index (χ1) is 57.1. The van der Waals surface area contributed by atoms with Crippen molar-refractivity contribution >= 4 is 81.9 Å². The van der Waals surface area contributed by atoms with E-state index in [1.807, 2.05) is 0 Å². The molecule has 39 heteroatoms. The number of halogens is 2.